The predicted octanol–water partition coefficient (Wildman–Crippen LogP) is 1.81. The van der Waals surface area contributed by atoms with Gasteiger partial charge in [-0.15, -0.1) is 0 Å². The minimum Gasteiger partial charge on any atom is -0.389 e. The lowest BCUT2D eigenvalue weighted by Gasteiger charge is -2.19. The van der Waals surface area contributed by atoms with E-state index in [1.807, 2.05) is 18.2 Å². The topological polar surface area (TPSA) is 78.5 Å². The zero-order valence-corrected chi connectivity index (χ0v) is 13.2. The van der Waals surface area contributed by atoms with Crippen molar-refractivity contribution in [1.29, 1.82) is 0 Å². The highest BCUT2D eigenvalue weighted by Crippen LogP contribution is 2.26. The smallest absolute Gasteiger partial charge is 0.271 e. The lowest BCUT2D eigenvalue weighted by Crippen LogP contribution is -2.36. The van der Waals surface area contributed by atoms with Crippen molar-refractivity contribution in [2.75, 3.05) is 27.3 Å². The minimum absolute atomic E-state index is 0.172. The van der Waals surface area contributed by atoms with E-state index in [1.54, 1.807) is 19.2 Å². The highest BCUT2D eigenvalue weighted by Gasteiger charge is 2.18. The van der Waals surface area contributed by atoms with Gasteiger partial charge in [0, 0.05) is 26.3 Å². The van der Waals surface area contributed by atoms with Crippen LogP contribution in [-0.2, 0) is 4.74 Å². The van der Waals surface area contributed by atoms with Gasteiger partial charge in [0.2, 0.25) is 0 Å². The number of aliphatic hydroxyl groups excluding tert-OH is 1. The third kappa shape index (κ3) is 3.85. The number of hydrogen-bond donors (Lipinski definition) is 2. The summed E-state index contributed by atoms with van der Waals surface area (Å²) in [5.74, 6) is -0.263. The van der Waals surface area contributed by atoms with E-state index in [-0.39, 0.29) is 19.1 Å². The van der Waals surface area contributed by atoms with Gasteiger partial charge in [-0.25, -0.2) is 0 Å². The molecule has 2 rings (SSSR count). The van der Waals surface area contributed by atoms with E-state index in [1.165, 1.54) is 12.0 Å². The molecule has 0 radical (unpaired) electrons. The van der Waals surface area contributed by atoms with Gasteiger partial charge in [0.1, 0.15) is 5.69 Å². The lowest BCUT2D eigenvalue weighted by molar-refractivity contribution is 0.0378. The maximum atomic E-state index is 12.3. The summed E-state index contributed by atoms with van der Waals surface area (Å²) in [5, 5.41) is 17.1. The van der Waals surface area contributed by atoms with E-state index >= 15 is 0 Å². The van der Waals surface area contributed by atoms with Gasteiger partial charge in [-0.3, -0.25) is 9.89 Å². The first-order valence-electron chi connectivity index (χ1n) is 6.75. The number of halogens is 1. The third-order valence-electron chi connectivity index (χ3n) is 3.15. The number of rotatable bonds is 6. The van der Waals surface area contributed by atoms with Gasteiger partial charge in [0.05, 0.1) is 23.4 Å². The Hall–Kier alpha value is -1.89. The molecule has 0 aliphatic carbocycles. The molecule has 1 heterocycles. The molecule has 7 heteroatoms. The van der Waals surface area contributed by atoms with Crippen LogP contribution >= 0.6 is 11.6 Å². The molecule has 0 saturated heterocycles. The maximum Gasteiger partial charge on any atom is 0.271 e. The van der Waals surface area contributed by atoms with Gasteiger partial charge in [0.25, 0.3) is 5.91 Å². The molecule has 22 heavy (non-hydrogen) atoms. The van der Waals surface area contributed by atoms with Crippen molar-refractivity contribution in [1.82, 2.24) is 15.1 Å². The number of H-pyrrole nitrogens is 1. The van der Waals surface area contributed by atoms with Gasteiger partial charge >= 0.3 is 0 Å². The fraction of sp³-hybridized carbons (Fsp3) is 0.333. The summed E-state index contributed by atoms with van der Waals surface area (Å²) in [6.07, 6.45) is -0.732. The van der Waals surface area contributed by atoms with Crippen LogP contribution in [0.1, 0.15) is 10.5 Å². The number of nitrogens with one attached hydrogen (secondary N) is 1. The molecule has 0 spiro atoms. The summed E-state index contributed by atoms with van der Waals surface area (Å²) in [4.78, 5) is 13.7. The van der Waals surface area contributed by atoms with E-state index in [0.717, 1.165) is 5.56 Å². The van der Waals surface area contributed by atoms with E-state index in [0.29, 0.717) is 16.4 Å². The molecule has 118 valence electrons. The Morgan fingerprint density at radius 2 is 2.23 bits per heavy atom. The summed E-state index contributed by atoms with van der Waals surface area (Å²) < 4.78 is 4.84. The van der Waals surface area contributed by atoms with Crippen LogP contribution in [0.25, 0.3) is 11.3 Å². The largest absolute Gasteiger partial charge is 0.389 e. The zero-order valence-electron chi connectivity index (χ0n) is 12.4. The number of likely N-dealkylation sites (N-methyl/N-ethyl adjacent to an activating group) is 1. The maximum absolute atomic E-state index is 12.3. The molecule has 1 aromatic heterocycles. The van der Waals surface area contributed by atoms with Crippen molar-refractivity contribution in [2.24, 2.45) is 0 Å². The molecule has 1 atom stereocenters. The van der Waals surface area contributed by atoms with E-state index < -0.39 is 6.10 Å². The van der Waals surface area contributed by atoms with Crippen LogP contribution < -0.4 is 0 Å². The van der Waals surface area contributed by atoms with Crippen LogP contribution in [0.3, 0.4) is 0 Å². The molecule has 0 saturated carbocycles. The van der Waals surface area contributed by atoms with Crippen LogP contribution in [0.2, 0.25) is 5.02 Å². The number of aromatic amines is 1. The quantitative estimate of drug-likeness (QED) is 0.850. The molecule has 1 unspecified atom stereocenters. The molecular weight excluding hydrogens is 306 g/mol. The summed E-state index contributed by atoms with van der Waals surface area (Å²) in [6, 6.07) is 8.92. The molecule has 0 bridgehead atoms. The second-order valence-corrected chi connectivity index (χ2v) is 5.35. The molecule has 6 nitrogen and oxygen atoms in total. The van der Waals surface area contributed by atoms with Crippen molar-refractivity contribution in [2.45, 2.75) is 6.10 Å². The second kappa shape index (κ2) is 7.40. The fourth-order valence-electron chi connectivity index (χ4n) is 2.09. The monoisotopic (exact) mass is 323 g/mol. The Morgan fingerprint density at radius 3 is 2.91 bits per heavy atom. The first kappa shape index (κ1) is 16.5. The average molecular weight is 324 g/mol. The predicted molar refractivity (Wildman–Crippen MR) is 83.9 cm³/mol. The van der Waals surface area contributed by atoms with Crippen molar-refractivity contribution < 1.29 is 14.6 Å². The summed E-state index contributed by atoms with van der Waals surface area (Å²) in [5.41, 5.74) is 1.68. The highest BCUT2D eigenvalue weighted by molar-refractivity contribution is 6.33. The molecule has 2 aromatic rings. The van der Waals surface area contributed by atoms with Crippen molar-refractivity contribution >= 4 is 17.5 Å². The number of hydrogen-bond acceptors (Lipinski definition) is 4. The van der Waals surface area contributed by atoms with Gasteiger partial charge in [-0.2, -0.15) is 5.10 Å². The Kier molecular flexibility index (Phi) is 5.54. The molecule has 1 aromatic carbocycles. The van der Waals surface area contributed by atoms with Crippen LogP contribution in [0.15, 0.2) is 30.3 Å². The van der Waals surface area contributed by atoms with Crippen LogP contribution in [-0.4, -0.2) is 59.5 Å². The van der Waals surface area contributed by atoms with Crippen LogP contribution in [0, 0.1) is 0 Å². The average Bonchev–Trinajstić information content (AvgIpc) is 2.96. The van der Waals surface area contributed by atoms with E-state index in [2.05, 4.69) is 10.2 Å². The lowest BCUT2D eigenvalue weighted by atomic mass is 10.1. The Bertz CT molecular complexity index is 644. The molecule has 0 fully saturated rings. The SMILES string of the molecule is COCC(O)CN(C)C(=O)c1cc(-c2ccccc2Cl)n[nH]1. The number of carbonyl (C=O) groups is 1. The van der Waals surface area contributed by atoms with Gasteiger partial charge in [-0.05, 0) is 12.1 Å². The summed E-state index contributed by atoms with van der Waals surface area (Å²) in [7, 11) is 3.10. The normalized spacial score (nSPS) is 12.2. The first-order valence-corrected chi connectivity index (χ1v) is 7.13. The summed E-state index contributed by atoms with van der Waals surface area (Å²) in [6.45, 7) is 0.346. The number of carbonyl (C=O) groups excluding carboxylic acids is 1. The zero-order chi connectivity index (χ0) is 16.1. The molecule has 1 amide bonds. The van der Waals surface area contributed by atoms with E-state index in [9.17, 15) is 9.90 Å². The van der Waals surface area contributed by atoms with Gasteiger partial charge < -0.3 is 14.7 Å². The molecule has 0 aliphatic heterocycles. The summed E-state index contributed by atoms with van der Waals surface area (Å²) >= 11 is 6.12. The Morgan fingerprint density at radius 1 is 1.50 bits per heavy atom. The number of aliphatic hydroxyl groups is 1. The number of ether oxygens (including phenoxy) is 1. The number of amides is 1. The van der Waals surface area contributed by atoms with Crippen LogP contribution in [0.5, 0.6) is 0 Å². The highest BCUT2D eigenvalue weighted by atomic mass is 35.5. The minimum atomic E-state index is -0.732. The fourth-order valence-corrected chi connectivity index (χ4v) is 2.32. The number of aromatic nitrogens is 2. The number of benzene rings is 1. The van der Waals surface area contributed by atoms with Crippen LogP contribution in [0.4, 0.5) is 0 Å². The number of nitrogens with zero attached hydrogens (tertiary/aromatic N) is 2. The number of methoxy groups -OCH3 is 1. The second-order valence-electron chi connectivity index (χ2n) is 4.94. The van der Waals surface area contributed by atoms with E-state index in [4.69, 9.17) is 16.3 Å². The first-order chi connectivity index (χ1) is 10.5. The third-order valence-corrected chi connectivity index (χ3v) is 3.48. The van der Waals surface area contributed by atoms with Crippen molar-refractivity contribution in [3.63, 3.8) is 0 Å². The molecular formula is C15H18ClN3O3. The van der Waals surface area contributed by atoms with Gasteiger partial charge in [0.15, 0.2) is 0 Å². The Balaban J connectivity index is 2.11. The Labute approximate surface area is 133 Å². The van der Waals surface area contributed by atoms with Gasteiger partial charge in [-0.1, -0.05) is 29.8 Å². The molecule has 2 N–H and O–H groups in total. The van der Waals surface area contributed by atoms with Crippen molar-refractivity contribution in [3.8, 4) is 11.3 Å². The molecule has 0 aliphatic rings. The van der Waals surface area contributed by atoms with Crippen molar-refractivity contribution in [3.05, 3.63) is 41.0 Å². The standard InChI is InChI=1S/C15H18ClN3O3/c1-19(8-10(20)9-22-2)15(21)14-7-13(17-18-14)11-5-3-4-6-12(11)16/h3-7,10,20H,8-9H2,1-2H3,(H,17,18).